The Labute approximate surface area is 473 Å². The van der Waals surface area contributed by atoms with Crippen LogP contribution in [-0.2, 0) is 19.1 Å². The van der Waals surface area contributed by atoms with Gasteiger partial charge >= 0.3 is 11.9 Å². The maximum atomic E-state index is 12.3. The standard InChI is InChI=1S/C71H128O5/c1-3-5-7-9-11-13-15-17-19-21-23-25-27-29-31-32-33-34-35-36-37-38-40-41-43-45-47-49-51-53-55-57-59-61-63-65-70(73)75-68-69(67-72)76-71(74)66-64-62-60-58-56-54-52-50-48-46-44-42-39-30-28-26-24-22-20-18-16-14-12-10-8-6-4-2/h6,8,12,14,18,20-21,23-24,26,30,39,69,72H,3-5,7,9-11,13,15-17,19,22,25,27-29,31-38,40-68H2,1-2H3/b8-6-,14-12-,20-18-,23-21-,26-24-,39-30-. The molecule has 0 bridgehead atoms. The molecule has 0 saturated carbocycles. The van der Waals surface area contributed by atoms with Gasteiger partial charge in [-0.2, -0.15) is 0 Å². The van der Waals surface area contributed by atoms with Crippen molar-refractivity contribution in [3.63, 3.8) is 0 Å². The molecule has 1 unspecified atom stereocenters. The number of esters is 2. The highest BCUT2D eigenvalue weighted by atomic mass is 16.6. The second kappa shape index (κ2) is 66.6. The summed E-state index contributed by atoms with van der Waals surface area (Å²) in [6.07, 6.45) is 92.1. The Kier molecular flexibility index (Phi) is 64.3. The van der Waals surface area contributed by atoms with Crippen LogP contribution in [0.1, 0.15) is 348 Å². The maximum absolute atomic E-state index is 12.3. The van der Waals surface area contributed by atoms with Gasteiger partial charge in [-0.3, -0.25) is 9.59 Å². The Balaban J connectivity index is 3.42. The summed E-state index contributed by atoms with van der Waals surface area (Å²) < 4.78 is 10.7. The second-order valence-corrected chi connectivity index (χ2v) is 22.5. The zero-order valence-corrected chi connectivity index (χ0v) is 50.8. The molecule has 0 fully saturated rings. The minimum Gasteiger partial charge on any atom is -0.462 e. The Morgan fingerprint density at radius 1 is 0.316 bits per heavy atom. The summed E-state index contributed by atoms with van der Waals surface area (Å²) in [7, 11) is 0. The fourth-order valence-corrected chi connectivity index (χ4v) is 9.99. The number of unbranched alkanes of at least 4 members (excludes halogenated alkanes) is 42. The minimum absolute atomic E-state index is 0.0656. The van der Waals surface area contributed by atoms with Crippen LogP contribution < -0.4 is 0 Å². The average molecular weight is 1060 g/mol. The third kappa shape index (κ3) is 63.9. The SMILES string of the molecule is CC/C=C\C/C=C\C/C=C\C/C=C\C/C=C\CCCCCCCCCCCCCC(=O)OC(CO)COC(=O)CCCCCCCCCCCCCCCCCCCCCCCCC/C=C\CCCCCCCCCC. The van der Waals surface area contributed by atoms with E-state index in [4.69, 9.17) is 9.47 Å². The number of carbonyl (C=O) groups is 2. The molecule has 0 aliphatic carbocycles. The van der Waals surface area contributed by atoms with Crippen molar-refractivity contribution in [1.82, 2.24) is 0 Å². The highest BCUT2D eigenvalue weighted by molar-refractivity contribution is 5.70. The number of carbonyl (C=O) groups excluding carboxylic acids is 2. The van der Waals surface area contributed by atoms with Crippen LogP contribution >= 0.6 is 0 Å². The van der Waals surface area contributed by atoms with Crippen molar-refractivity contribution < 1.29 is 24.2 Å². The normalized spacial score (nSPS) is 12.6. The Hall–Kier alpha value is -2.66. The smallest absolute Gasteiger partial charge is 0.306 e. The number of allylic oxidation sites excluding steroid dienone is 12. The summed E-state index contributed by atoms with van der Waals surface area (Å²) in [5.41, 5.74) is 0. The van der Waals surface area contributed by atoms with Gasteiger partial charge in [-0.25, -0.2) is 0 Å². The Morgan fingerprint density at radius 2 is 0.566 bits per heavy atom. The molecule has 1 N–H and O–H groups in total. The van der Waals surface area contributed by atoms with Crippen LogP contribution in [0.4, 0.5) is 0 Å². The number of aliphatic hydroxyl groups excluding tert-OH is 1. The highest BCUT2D eigenvalue weighted by Gasteiger charge is 2.16. The number of ether oxygens (including phenoxy) is 2. The summed E-state index contributed by atoms with van der Waals surface area (Å²) in [5.74, 6) is -0.580. The molecule has 0 aromatic rings. The minimum atomic E-state index is -0.777. The average Bonchev–Trinajstić information content (AvgIpc) is 3.42. The van der Waals surface area contributed by atoms with Gasteiger partial charge in [0.25, 0.3) is 0 Å². The zero-order chi connectivity index (χ0) is 54.8. The Morgan fingerprint density at radius 3 is 0.868 bits per heavy atom. The fraction of sp³-hybridized carbons (Fsp3) is 0.803. The molecule has 0 aliphatic rings. The fourth-order valence-electron chi connectivity index (χ4n) is 9.99. The van der Waals surface area contributed by atoms with Crippen molar-refractivity contribution in [2.24, 2.45) is 0 Å². The molecule has 0 spiro atoms. The third-order valence-electron chi connectivity index (χ3n) is 15.0. The van der Waals surface area contributed by atoms with E-state index >= 15 is 0 Å². The third-order valence-corrected chi connectivity index (χ3v) is 15.0. The van der Waals surface area contributed by atoms with E-state index < -0.39 is 6.10 Å². The lowest BCUT2D eigenvalue weighted by molar-refractivity contribution is -0.161. The van der Waals surface area contributed by atoms with E-state index in [9.17, 15) is 14.7 Å². The van der Waals surface area contributed by atoms with Gasteiger partial charge in [0.1, 0.15) is 6.61 Å². The molecule has 0 aliphatic heterocycles. The van der Waals surface area contributed by atoms with E-state index in [-0.39, 0.29) is 25.2 Å². The number of hydrogen-bond acceptors (Lipinski definition) is 5. The van der Waals surface area contributed by atoms with E-state index in [2.05, 4.69) is 86.8 Å². The zero-order valence-electron chi connectivity index (χ0n) is 50.8. The number of rotatable bonds is 62. The van der Waals surface area contributed by atoms with E-state index in [1.54, 1.807) is 0 Å². The molecule has 5 heteroatoms. The van der Waals surface area contributed by atoms with Crippen LogP contribution in [0.15, 0.2) is 72.9 Å². The van der Waals surface area contributed by atoms with Crippen molar-refractivity contribution in [1.29, 1.82) is 0 Å². The molecule has 0 rings (SSSR count). The van der Waals surface area contributed by atoms with Crippen molar-refractivity contribution in [3.05, 3.63) is 72.9 Å². The van der Waals surface area contributed by atoms with Gasteiger partial charge in [-0.05, 0) is 83.5 Å². The first-order valence-corrected chi connectivity index (χ1v) is 33.5. The van der Waals surface area contributed by atoms with Crippen molar-refractivity contribution >= 4 is 11.9 Å². The molecule has 0 aromatic carbocycles. The van der Waals surface area contributed by atoms with Crippen molar-refractivity contribution in [3.8, 4) is 0 Å². The predicted octanol–water partition coefficient (Wildman–Crippen LogP) is 23.1. The first kappa shape index (κ1) is 73.3. The molecular weight excluding hydrogens is 933 g/mol. The van der Waals surface area contributed by atoms with Crippen LogP contribution in [0.25, 0.3) is 0 Å². The monoisotopic (exact) mass is 1060 g/mol. The van der Waals surface area contributed by atoms with E-state index in [1.165, 1.54) is 250 Å². The van der Waals surface area contributed by atoms with Crippen LogP contribution in [0, 0.1) is 0 Å². The first-order chi connectivity index (χ1) is 37.6. The van der Waals surface area contributed by atoms with Gasteiger partial charge in [-0.15, -0.1) is 0 Å². The van der Waals surface area contributed by atoms with Gasteiger partial charge in [0.2, 0.25) is 0 Å². The lowest BCUT2D eigenvalue weighted by Gasteiger charge is -2.15. The van der Waals surface area contributed by atoms with Gasteiger partial charge in [0.05, 0.1) is 6.61 Å². The molecule has 0 amide bonds. The lowest BCUT2D eigenvalue weighted by Crippen LogP contribution is -2.28. The number of aliphatic hydroxyl groups is 1. The second-order valence-electron chi connectivity index (χ2n) is 22.5. The molecule has 0 radical (unpaired) electrons. The predicted molar refractivity (Wildman–Crippen MR) is 334 cm³/mol. The summed E-state index contributed by atoms with van der Waals surface area (Å²) in [6, 6.07) is 0. The summed E-state index contributed by atoms with van der Waals surface area (Å²) in [6.45, 7) is 4.07. The van der Waals surface area contributed by atoms with Gasteiger partial charge in [0, 0.05) is 12.8 Å². The maximum Gasteiger partial charge on any atom is 0.306 e. The van der Waals surface area contributed by atoms with Gasteiger partial charge < -0.3 is 14.6 Å². The molecule has 0 aromatic heterocycles. The molecule has 76 heavy (non-hydrogen) atoms. The van der Waals surface area contributed by atoms with Crippen molar-refractivity contribution in [2.75, 3.05) is 13.2 Å². The van der Waals surface area contributed by atoms with E-state index in [0.29, 0.717) is 12.8 Å². The van der Waals surface area contributed by atoms with Gasteiger partial charge in [0.15, 0.2) is 6.10 Å². The van der Waals surface area contributed by atoms with Crippen LogP contribution in [0.3, 0.4) is 0 Å². The summed E-state index contributed by atoms with van der Waals surface area (Å²) in [4.78, 5) is 24.6. The molecule has 442 valence electrons. The van der Waals surface area contributed by atoms with Crippen molar-refractivity contribution in [2.45, 2.75) is 354 Å². The van der Waals surface area contributed by atoms with Crippen LogP contribution in [0.2, 0.25) is 0 Å². The van der Waals surface area contributed by atoms with Crippen LogP contribution in [-0.4, -0.2) is 36.4 Å². The topological polar surface area (TPSA) is 72.8 Å². The first-order valence-electron chi connectivity index (χ1n) is 33.5. The quantitative estimate of drug-likeness (QED) is 0.0373. The van der Waals surface area contributed by atoms with E-state index in [1.807, 2.05) is 0 Å². The highest BCUT2D eigenvalue weighted by Crippen LogP contribution is 2.18. The molecule has 0 saturated heterocycles. The van der Waals surface area contributed by atoms with Gasteiger partial charge in [-0.1, -0.05) is 324 Å². The molecule has 1 atom stereocenters. The Bertz CT molecular complexity index is 1340. The van der Waals surface area contributed by atoms with E-state index in [0.717, 1.165) is 70.6 Å². The molecule has 5 nitrogen and oxygen atoms in total. The number of hydrogen-bond donors (Lipinski definition) is 1. The van der Waals surface area contributed by atoms with Crippen LogP contribution in [0.5, 0.6) is 0 Å². The molecule has 0 heterocycles. The summed E-state index contributed by atoms with van der Waals surface area (Å²) >= 11 is 0. The summed E-state index contributed by atoms with van der Waals surface area (Å²) in [5, 5.41) is 9.69. The largest absolute Gasteiger partial charge is 0.462 e. The molecular formula is C71H128O5. The lowest BCUT2D eigenvalue weighted by atomic mass is 10.0.